The fraction of sp³-hybridized carbons (Fsp3) is 0.0800. The summed E-state index contributed by atoms with van der Waals surface area (Å²) in [7, 11) is 1.30. The number of ketones is 2. The fourth-order valence-electron chi connectivity index (χ4n) is 3.11. The Morgan fingerprint density at radius 2 is 1.66 bits per heavy atom. The van der Waals surface area contributed by atoms with E-state index in [1.165, 1.54) is 37.4 Å². The van der Waals surface area contributed by atoms with Crippen LogP contribution in [-0.4, -0.2) is 31.3 Å². The SMILES string of the molecule is COC(=O)c1ccc(/C=C2\Oc3cc(OCC(=O)c4ccc(F)cc4)ccc3C2=O)cc1. The molecule has 0 N–H and O–H groups in total. The average Bonchev–Trinajstić information content (AvgIpc) is 3.12. The number of carbonyl (C=O) groups is 3. The van der Waals surface area contributed by atoms with Gasteiger partial charge in [-0.1, -0.05) is 12.1 Å². The molecule has 1 heterocycles. The van der Waals surface area contributed by atoms with Crippen molar-refractivity contribution < 1.29 is 33.0 Å². The lowest BCUT2D eigenvalue weighted by atomic mass is 10.1. The Kier molecular flexibility index (Phi) is 5.81. The maximum absolute atomic E-state index is 13.0. The molecule has 32 heavy (non-hydrogen) atoms. The largest absolute Gasteiger partial charge is 0.485 e. The van der Waals surface area contributed by atoms with Crippen molar-refractivity contribution in [1.82, 2.24) is 0 Å². The van der Waals surface area contributed by atoms with E-state index in [9.17, 15) is 18.8 Å². The Balaban J connectivity index is 1.45. The van der Waals surface area contributed by atoms with Crippen LogP contribution in [0.5, 0.6) is 11.5 Å². The van der Waals surface area contributed by atoms with Gasteiger partial charge in [-0.25, -0.2) is 9.18 Å². The van der Waals surface area contributed by atoms with Crippen molar-refractivity contribution in [3.8, 4) is 11.5 Å². The zero-order chi connectivity index (χ0) is 22.7. The highest BCUT2D eigenvalue weighted by Crippen LogP contribution is 2.35. The van der Waals surface area contributed by atoms with Crippen LogP contribution in [0.1, 0.15) is 36.6 Å². The molecule has 6 nitrogen and oxygen atoms in total. The van der Waals surface area contributed by atoms with Gasteiger partial charge < -0.3 is 14.2 Å². The molecule has 160 valence electrons. The summed E-state index contributed by atoms with van der Waals surface area (Å²) in [6.07, 6.45) is 1.57. The van der Waals surface area contributed by atoms with E-state index in [1.54, 1.807) is 42.5 Å². The molecule has 0 fully saturated rings. The van der Waals surface area contributed by atoms with Gasteiger partial charge in [-0.3, -0.25) is 9.59 Å². The molecule has 0 bridgehead atoms. The number of halogens is 1. The quantitative estimate of drug-likeness (QED) is 0.324. The van der Waals surface area contributed by atoms with Gasteiger partial charge in [0.2, 0.25) is 5.78 Å². The molecule has 0 radical (unpaired) electrons. The molecule has 0 spiro atoms. The van der Waals surface area contributed by atoms with E-state index in [0.717, 1.165) is 0 Å². The van der Waals surface area contributed by atoms with E-state index in [1.807, 2.05) is 0 Å². The Morgan fingerprint density at radius 1 is 0.969 bits per heavy atom. The first-order chi connectivity index (χ1) is 15.4. The molecule has 3 aromatic carbocycles. The van der Waals surface area contributed by atoms with Crippen molar-refractivity contribution in [2.75, 3.05) is 13.7 Å². The van der Waals surface area contributed by atoms with Crippen LogP contribution in [-0.2, 0) is 4.74 Å². The first kappa shape index (κ1) is 21.0. The number of rotatable bonds is 6. The minimum Gasteiger partial charge on any atom is -0.485 e. The fourth-order valence-corrected chi connectivity index (χ4v) is 3.11. The van der Waals surface area contributed by atoms with Crippen molar-refractivity contribution in [2.24, 2.45) is 0 Å². The third-order valence-corrected chi connectivity index (χ3v) is 4.81. The molecule has 0 aromatic heterocycles. The van der Waals surface area contributed by atoms with Crippen LogP contribution >= 0.6 is 0 Å². The van der Waals surface area contributed by atoms with Crippen LogP contribution in [0.15, 0.2) is 72.5 Å². The normalized spacial score (nSPS) is 13.4. The van der Waals surface area contributed by atoms with Gasteiger partial charge in [0.05, 0.1) is 18.2 Å². The van der Waals surface area contributed by atoms with Gasteiger partial charge in [-0.2, -0.15) is 0 Å². The number of carbonyl (C=O) groups excluding carboxylic acids is 3. The van der Waals surface area contributed by atoms with Gasteiger partial charge in [0, 0.05) is 11.6 Å². The van der Waals surface area contributed by atoms with Gasteiger partial charge in [0.25, 0.3) is 0 Å². The summed E-state index contributed by atoms with van der Waals surface area (Å²) in [5.74, 6) is -0.661. The summed E-state index contributed by atoms with van der Waals surface area (Å²) in [4.78, 5) is 36.3. The summed E-state index contributed by atoms with van der Waals surface area (Å²) in [5.41, 5.74) is 1.78. The molecular weight excluding hydrogens is 415 g/mol. The van der Waals surface area contributed by atoms with Gasteiger partial charge in [-0.05, 0) is 60.2 Å². The second-order valence-corrected chi connectivity index (χ2v) is 6.93. The third kappa shape index (κ3) is 4.41. The first-order valence-electron chi connectivity index (χ1n) is 9.63. The van der Waals surface area contributed by atoms with Crippen LogP contribution < -0.4 is 9.47 Å². The van der Waals surface area contributed by atoms with Crippen LogP contribution in [0, 0.1) is 5.82 Å². The second kappa shape index (κ2) is 8.85. The number of methoxy groups -OCH3 is 1. The molecular formula is C25H17FO6. The highest BCUT2D eigenvalue weighted by molar-refractivity contribution is 6.14. The average molecular weight is 432 g/mol. The van der Waals surface area contributed by atoms with Crippen LogP contribution in [0.4, 0.5) is 4.39 Å². The standard InChI is InChI=1S/C25H17FO6/c1-30-25(29)17-4-2-15(3-5-17)12-23-24(28)20-11-10-19(13-22(20)32-23)31-14-21(27)16-6-8-18(26)9-7-16/h2-13H,14H2,1H3/b23-12-. The lowest BCUT2D eigenvalue weighted by Gasteiger charge is -2.07. The Morgan fingerprint density at radius 3 is 2.34 bits per heavy atom. The van der Waals surface area contributed by atoms with E-state index >= 15 is 0 Å². The molecule has 0 saturated carbocycles. The minimum absolute atomic E-state index is 0.130. The van der Waals surface area contributed by atoms with Gasteiger partial charge in [0.1, 0.15) is 17.3 Å². The van der Waals surface area contributed by atoms with E-state index in [4.69, 9.17) is 9.47 Å². The van der Waals surface area contributed by atoms with E-state index < -0.39 is 11.8 Å². The van der Waals surface area contributed by atoms with Crippen LogP contribution in [0.25, 0.3) is 6.08 Å². The summed E-state index contributed by atoms with van der Waals surface area (Å²) >= 11 is 0. The number of hydrogen-bond acceptors (Lipinski definition) is 6. The zero-order valence-electron chi connectivity index (χ0n) is 17.0. The van der Waals surface area contributed by atoms with Crippen molar-refractivity contribution in [1.29, 1.82) is 0 Å². The van der Waals surface area contributed by atoms with E-state index in [-0.39, 0.29) is 23.9 Å². The lowest BCUT2D eigenvalue weighted by Crippen LogP contribution is -2.11. The molecule has 4 rings (SSSR count). The number of Topliss-reactive ketones (excluding diaryl/α,β-unsaturated/α-hetero) is 2. The molecule has 0 aliphatic carbocycles. The molecule has 1 aliphatic heterocycles. The van der Waals surface area contributed by atoms with Crippen molar-refractivity contribution in [3.05, 3.63) is 101 Å². The van der Waals surface area contributed by atoms with Crippen LogP contribution in [0.3, 0.4) is 0 Å². The van der Waals surface area contributed by atoms with Gasteiger partial charge in [-0.15, -0.1) is 0 Å². The number of hydrogen-bond donors (Lipinski definition) is 0. The van der Waals surface area contributed by atoms with Gasteiger partial charge >= 0.3 is 5.97 Å². The lowest BCUT2D eigenvalue weighted by molar-refractivity contribution is 0.0600. The predicted octanol–water partition coefficient (Wildman–Crippen LogP) is 4.49. The Labute approximate surface area is 182 Å². The van der Waals surface area contributed by atoms with Crippen molar-refractivity contribution >= 4 is 23.6 Å². The second-order valence-electron chi connectivity index (χ2n) is 6.93. The molecule has 0 unspecified atom stereocenters. The monoisotopic (exact) mass is 432 g/mol. The molecule has 3 aromatic rings. The number of fused-ring (bicyclic) bond motifs is 1. The number of esters is 1. The number of benzene rings is 3. The van der Waals surface area contributed by atoms with Gasteiger partial charge in [0.15, 0.2) is 18.1 Å². The maximum Gasteiger partial charge on any atom is 0.337 e. The molecule has 0 saturated heterocycles. The van der Waals surface area contributed by atoms with Crippen LogP contribution in [0.2, 0.25) is 0 Å². The third-order valence-electron chi connectivity index (χ3n) is 4.81. The van der Waals surface area contributed by atoms with E-state index in [0.29, 0.717) is 33.8 Å². The molecule has 0 atom stereocenters. The summed E-state index contributed by atoms with van der Waals surface area (Å²) < 4.78 is 28.8. The first-order valence-corrected chi connectivity index (χ1v) is 9.63. The van der Waals surface area contributed by atoms with E-state index in [2.05, 4.69) is 4.74 Å². The Hall–Kier alpha value is -4.26. The zero-order valence-corrected chi connectivity index (χ0v) is 17.0. The topological polar surface area (TPSA) is 78.9 Å². The summed E-state index contributed by atoms with van der Waals surface area (Å²) in [5, 5.41) is 0. The smallest absolute Gasteiger partial charge is 0.337 e. The summed E-state index contributed by atoms with van der Waals surface area (Å²) in [6, 6.07) is 16.4. The maximum atomic E-state index is 13.0. The molecule has 7 heteroatoms. The Bertz CT molecular complexity index is 1230. The highest BCUT2D eigenvalue weighted by Gasteiger charge is 2.27. The highest BCUT2D eigenvalue weighted by atomic mass is 19.1. The number of allylic oxidation sites excluding steroid dienone is 1. The predicted molar refractivity (Wildman–Crippen MR) is 113 cm³/mol. The molecule has 0 amide bonds. The van der Waals surface area contributed by atoms with Crippen molar-refractivity contribution in [3.63, 3.8) is 0 Å². The van der Waals surface area contributed by atoms with Crippen molar-refractivity contribution in [2.45, 2.75) is 0 Å². The summed E-state index contributed by atoms with van der Waals surface area (Å²) in [6.45, 7) is -0.242. The minimum atomic E-state index is -0.449. The molecule has 1 aliphatic rings. The number of ether oxygens (including phenoxy) is 3.